The standard InChI is InChI=1S/C20H30N6O7S/c1-34-6-4-13(18(30)26-15(20(32)33)8-16(27)28)24-19(31)14(7-11-9-21-10-23-11)25-17(29)12-3-2-5-22-12/h9-10,12-15,22H,2-8H2,1H3,(H,21,23)(H,24,31)(H,25,29)(H,26,30)(H,27,28)(H,32,33). The molecule has 0 bridgehead atoms. The quantitative estimate of drug-likeness (QED) is 0.158. The zero-order chi connectivity index (χ0) is 25.1. The first-order valence-electron chi connectivity index (χ1n) is 10.8. The molecule has 0 aliphatic carbocycles. The molecule has 1 aromatic heterocycles. The number of thioether (sulfide) groups is 1. The number of nitrogens with one attached hydrogen (secondary N) is 5. The van der Waals surface area contributed by atoms with E-state index in [4.69, 9.17) is 5.11 Å². The first kappa shape index (κ1) is 27.1. The molecule has 2 heterocycles. The second-order valence-corrected chi connectivity index (χ2v) is 8.82. The van der Waals surface area contributed by atoms with Crippen molar-refractivity contribution in [2.75, 3.05) is 18.6 Å². The molecule has 4 atom stereocenters. The van der Waals surface area contributed by atoms with Gasteiger partial charge < -0.3 is 36.5 Å². The smallest absolute Gasteiger partial charge is 0.326 e. The number of carboxylic acids is 2. The first-order chi connectivity index (χ1) is 16.2. The number of carbonyl (C=O) groups is 5. The summed E-state index contributed by atoms with van der Waals surface area (Å²) < 4.78 is 0. The second-order valence-electron chi connectivity index (χ2n) is 7.83. The molecule has 188 valence electrons. The van der Waals surface area contributed by atoms with Crippen LogP contribution in [0.1, 0.15) is 31.4 Å². The number of H-pyrrole nitrogens is 1. The zero-order valence-electron chi connectivity index (χ0n) is 18.7. The van der Waals surface area contributed by atoms with Gasteiger partial charge in [-0.05, 0) is 37.8 Å². The summed E-state index contributed by atoms with van der Waals surface area (Å²) in [5, 5.41) is 28.6. The first-order valence-corrected chi connectivity index (χ1v) is 12.2. The van der Waals surface area contributed by atoms with E-state index >= 15 is 0 Å². The Morgan fingerprint density at radius 3 is 2.38 bits per heavy atom. The number of hydrogen-bond donors (Lipinski definition) is 7. The normalized spacial score (nSPS) is 17.9. The average Bonchev–Trinajstić information content (AvgIpc) is 3.49. The van der Waals surface area contributed by atoms with Gasteiger partial charge in [-0.2, -0.15) is 11.8 Å². The van der Waals surface area contributed by atoms with Crippen LogP contribution in [0.15, 0.2) is 12.5 Å². The third-order valence-corrected chi connectivity index (χ3v) is 5.87. The van der Waals surface area contributed by atoms with Crippen LogP contribution in [0.4, 0.5) is 0 Å². The minimum Gasteiger partial charge on any atom is -0.481 e. The topological polar surface area (TPSA) is 203 Å². The highest BCUT2D eigenvalue weighted by atomic mass is 32.2. The number of amides is 3. The van der Waals surface area contributed by atoms with Crippen molar-refractivity contribution >= 4 is 41.4 Å². The number of aromatic amines is 1. The van der Waals surface area contributed by atoms with Gasteiger partial charge in [-0.1, -0.05) is 0 Å². The van der Waals surface area contributed by atoms with Crippen molar-refractivity contribution in [3.8, 4) is 0 Å². The molecule has 4 unspecified atom stereocenters. The third-order valence-electron chi connectivity index (χ3n) is 5.23. The van der Waals surface area contributed by atoms with Crippen LogP contribution in [0.25, 0.3) is 0 Å². The van der Waals surface area contributed by atoms with E-state index in [1.165, 1.54) is 24.3 Å². The molecule has 0 spiro atoms. The highest BCUT2D eigenvalue weighted by Gasteiger charge is 2.32. The highest BCUT2D eigenvalue weighted by Crippen LogP contribution is 2.08. The molecule has 3 amide bonds. The molecule has 13 nitrogen and oxygen atoms in total. The molecule has 0 radical (unpaired) electrons. The van der Waals surface area contributed by atoms with Gasteiger partial charge >= 0.3 is 11.9 Å². The number of aliphatic carboxylic acids is 2. The van der Waals surface area contributed by atoms with Crippen molar-refractivity contribution in [3.05, 3.63) is 18.2 Å². The van der Waals surface area contributed by atoms with Crippen LogP contribution >= 0.6 is 11.8 Å². The Balaban J connectivity index is 2.13. The number of rotatable bonds is 14. The fourth-order valence-corrected chi connectivity index (χ4v) is 3.90. The molecule has 7 N–H and O–H groups in total. The van der Waals surface area contributed by atoms with Crippen LogP contribution in [0, 0.1) is 0 Å². The van der Waals surface area contributed by atoms with Crippen molar-refractivity contribution in [2.45, 2.75) is 56.3 Å². The van der Waals surface area contributed by atoms with Gasteiger partial charge in [0.25, 0.3) is 0 Å². The highest BCUT2D eigenvalue weighted by molar-refractivity contribution is 7.98. The van der Waals surface area contributed by atoms with Gasteiger partial charge in [0.2, 0.25) is 17.7 Å². The molecule has 1 aromatic rings. The molecule has 1 aliphatic rings. The molecule has 1 saturated heterocycles. The molecular formula is C20H30N6O7S. The summed E-state index contributed by atoms with van der Waals surface area (Å²) in [5.41, 5.74) is 0.595. The van der Waals surface area contributed by atoms with Crippen LogP contribution < -0.4 is 21.3 Å². The molecule has 34 heavy (non-hydrogen) atoms. The van der Waals surface area contributed by atoms with Gasteiger partial charge in [0, 0.05) is 18.3 Å². The number of nitrogens with zero attached hydrogens (tertiary/aromatic N) is 1. The van der Waals surface area contributed by atoms with E-state index in [1.807, 2.05) is 0 Å². The molecule has 1 aliphatic heterocycles. The maximum atomic E-state index is 13.1. The van der Waals surface area contributed by atoms with Gasteiger partial charge in [-0.15, -0.1) is 0 Å². The van der Waals surface area contributed by atoms with Gasteiger partial charge in [-0.25, -0.2) is 9.78 Å². The minimum absolute atomic E-state index is 0.0952. The monoisotopic (exact) mass is 498 g/mol. The second kappa shape index (κ2) is 13.5. The largest absolute Gasteiger partial charge is 0.481 e. The van der Waals surface area contributed by atoms with Gasteiger partial charge in [0.15, 0.2) is 0 Å². The molecule has 1 fully saturated rings. The fraction of sp³-hybridized carbons (Fsp3) is 0.600. The van der Waals surface area contributed by atoms with E-state index in [0.717, 1.165) is 6.42 Å². The Morgan fingerprint density at radius 1 is 1.12 bits per heavy atom. The van der Waals surface area contributed by atoms with Crippen molar-refractivity contribution in [1.29, 1.82) is 0 Å². The number of carboxylic acid groups (broad SMARTS) is 2. The Morgan fingerprint density at radius 2 is 1.82 bits per heavy atom. The van der Waals surface area contributed by atoms with E-state index in [2.05, 4.69) is 31.2 Å². The SMILES string of the molecule is CSCCC(NC(=O)C(Cc1cnc[nH]1)NC(=O)C1CCCN1)C(=O)NC(CC(=O)O)C(=O)O. The molecule has 2 rings (SSSR count). The van der Waals surface area contributed by atoms with E-state index in [9.17, 15) is 29.1 Å². The molecule has 14 heteroatoms. The van der Waals surface area contributed by atoms with Crippen LogP contribution in [-0.4, -0.2) is 92.6 Å². The Kier molecular flexibility index (Phi) is 10.8. The minimum atomic E-state index is -1.65. The van der Waals surface area contributed by atoms with E-state index < -0.39 is 54.3 Å². The lowest BCUT2D eigenvalue weighted by Gasteiger charge is -2.25. The third kappa shape index (κ3) is 8.67. The number of hydrogen-bond acceptors (Lipinski definition) is 8. The molecule has 0 saturated carbocycles. The lowest BCUT2D eigenvalue weighted by atomic mass is 10.1. The van der Waals surface area contributed by atoms with Gasteiger partial charge in [-0.3, -0.25) is 19.2 Å². The van der Waals surface area contributed by atoms with Crippen LogP contribution in [0.5, 0.6) is 0 Å². The van der Waals surface area contributed by atoms with Crippen molar-refractivity contribution in [3.63, 3.8) is 0 Å². The van der Waals surface area contributed by atoms with Crippen LogP contribution in [0.3, 0.4) is 0 Å². The number of carbonyl (C=O) groups excluding carboxylic acids is 3. The van der Waals surface area contributed by atoms with Crippen LogP contribution in [0.2, 0.25) is 0 Å². The Hall–Kier alpha value is -3.13. The number of imidazole rings is 1. The lowest BCUT2D eigenvalue weighted by molar-refractivity contribution is -0.147. The van der Waals surface area contributed by atoms with E-state index in [-0.39, 0.29) is 18.7 Å². The summed E-state index contributed by atoms with van der Waals surface area (Å²) in [6.07, 6.45) is 5.70. The summed E-state index contributed by atoms with van der Waals surface area (Å²) in [4.78, 5) is 67.5. The summed E-state index contributed by atoms with van der Waals surface area (Å²) >= 11 is 1.42. The lowest BCUT2D eigenvalue weighted by Crippen LogP contribution is -2.57. The Labute approximate surface area is 200 Å². The van der Waals surface area contributed by atoms with Gasteiger partial charge in [0.1, 0.15) is 18.1 Å². The predicted octanol–water partition coefficient (Wildman–Crippen LogP) is -1.53. The zero-order valence-corrected chi connectivity index (χ0v) is 19.5. The average molecular weight is 499 g/mol. The fourth-order valence-electron chi connectivity index (χ4n) is 3.43. The maximum Gasteiger partial charge on any atom is 0.326 e. The van der Waals surface area contributed by atoms with Crippen molar-refractivity contribution in [1.82, 2.24) is 31.2 Å². The Bertz CT molecular complexity index is 860. The number of aromatic nitrogens is 2. The van der Waals surface area contributed by atoms with E-state index in [0.29, 0.717) is 24.4 Å². The van der Waals surface area contributed by atoms with Crippen LogP contribution in [-0.2, 0) is 30.4 Å². The predicted molar refractivity (Wildman–Crippen MR) is 122 cm³/mol. The summed E-state index contributed by atoms with van der Waals surface area (Å²) in [5.74, 6) is -4.21. The van der Waals surface area contributed by atoms with Gasteiger partial charge in [0.05, 0.1) is 18.8 Å². The summed E-state index contributed by atoms with van der Waals surface area (Å²) in [6.45, 7) is 0.702. The summed E-state index contributed by atoms with van der Waals surface area (Å²) in [6, 6.07) is -4.21. The molecular weight excluding hydrogens is 468 g/mol. The molecule has 0 aromatic carbocycles. The summed E-state index contributed by atoms with van der Waals surface area (Å²) in [7, 11) is 0. The van der Waals surface area contributed by atoms with Crippen molar-refractivity contribution in [2.24, 2.45) is 0 Å². The van der Waals surface area contributed by atoms with Crippen molar-refractivity contribution < 1.29 is 34.2 Å². The van der Waals surface area contributed by atoms with E-state index in [1.54, 1.807) is 6.26 Å². The maximum absolute atomic E-state index is 13.1.